The molecular formula is C20H22N6O. The molecule has 0 atom stereocenters. The number of aromatic nitrogens is 4. The molecule has 27 heavy (non-hydrogen) atoms. The number of carbonyl (C=O) groups excluding carboxylic acids is 1. The van der Waals surface area contributed by atoms with Crippen molar-refractivity contribution in [2.45, 2.75) is 13.0 Å². The van der Waals surface area contributed by atoms with E-state index in [1.807, 2.05) is 21.8 Å². The fourth-order valence-corrected chi connectivity index (χ4v) is 3.34. The van der Waals surface area contributed by atoms with E-state index in [1.165, 1.54) is 11.8 Å². The second-order valence-electron chi connectivity index (χ2n) is 6.63. The maximum absolute atomic E-state index is 12.6. The first kappa shape index (κ1) is 17.4. The van der Waals surface area contributed by atoms with Crippen LogP contribution in [0.3, 0.4) is 0 Å². The average Bonchev–Trinajstić information content (AvgIpc) is 3.16. The highest BCUT2D eigenvalue weighted by Gasteiger charge is 2.21. The van der Waals surface area contributed by atoms with Gasteiger partial charge >= 0.3 is 0 Å². The molecule has 3 heterocycles. The van der Waals surface area contributed by atoms with Gasteiger partial charge in [-0.25, -0.2) is 9.67 Å². The van der Waals surface area contributed by atoms with Crippen LogP contribution in [0.15, 0.2) is 61.3 Å². The number of hydrogen-bond donors (Lipinski definition) is 0. The minimum Gasteiger partial charge on any atom is -0.336 e. The maximum atomic E-state index is 12.6. The number of amides is 1. The number of hydrogen-bond acceptors (Lipinski definition) is 5. The molecule has 2 aromatic heterocycles. The van der Waals surface area contributed by atoms with Crippen LogP contribution < -0.4 is 0 Å². The van der Waals surface area contributed by atoms with Crippen LogP contribution in [-0.2, 0) is 6.54 Å². The van der Waals surface area contributed by atoms with Crippen molar-refractivity contribution in [2.75, 3.05) is 26.2 Å². The minimum absolute atomic E-state index is 0.0338. The topological polar surface area (TPSA) is 67.2 Å². The summed E-state index contributed by atoms with van der Waals surface area (Å²) in [5, 5.41) is 4.25. The number of carbonyl (C=O) groups is 1. The lowest BCUT2D eigenvalue weighted by Gasteiger charge is -2.21. The molecule has 1 amide bonds. The molecule has 1 aliphatic rings. The fourth-order valence-electron chi connectivity index (χ4n) is 3.34. The zero-order valence-corrected chi connectivity index (χ0v) is 15.1. The van der Waals surface area contributed by atoms with Crippen molar-refractivity contribution in [3.63, 3.8) is 0 Å². The van der Waals surface area contributed by atoms with E-state index in [1.54, 1.807) is 18.6 Å². The summed E-state index contributed by atoms with van der Waals surface area (Å²) in [6.07, 6.45) is 9.35. The summed E-state index contributed by atoms with van der Waals surface area (Å²) < 4.78 is 1.85. The van der Waals surface area contributed by atoms with Crippen LogP contribution in [-0.4, -0.2) is 61.6 Å². The number of rotatable bonds is 4. The van der Waals surface area contributed by atoms with Gasteiger partial charge in [0.1, 0.15) is 5.69 Å². The average molecular weight is 362 g/mol. The van der Waals surface area contributed by atoms with Gasteiger partial charge < -0.3 is 4.90 Å². The molecule has 1 aliphatic heterocycles. The van der Waals surface area contributed by atoms with E-state index in [0.29, 0.717) is 12.2 Å². The Bertz CT molecular complexity index is 863. The van der Waals surface area contributed by atoms with Crippen LogP contribution in [0.5, 0.6) is 0 Å². The monoisotopic (exact) mass is 362 g/mol. The second kappa shape index (κ2) is 8.09. The minimum atomic E-state index is -0.0338. The molecule has 0 bridgehead atoms. The molecule has 0 unspecified atom stereocenters. The van der Waals surface area contributed by atoms with Gasteiger partial charge in [-0.3, -0.25) is 14.7 Å². The molecule has 3 aromatic rings. The molecule has 1 fully saturated rings. The van der Waals surface area contributed by atoms with Crippen molar-refractivity contribution >= 4 is 5.91 Å². The first-order chi connectivity index (χ1) is 13.3. The van der Waals surface area contributed by atoms with E-state index in [0.717, 1.165) is 38.3 Å². The van der Waals surface area contributed by atoms with E-state index >= 15 is 0 Å². The third kappa shape index (κ3) is 4.20. The van der Waals surface area contributed by atoms with Crippen LogP contribution in [0.4, 0.5) is 0 Å². The fraction of sp³-hybridized carbons (Fsp3) is 0.300. The van der Waals surface area contributed by atoms with E-state index in [2.05, 4.69) is 44.2 Å². The lowest BCUT2D eigenvalue weighted by atomic mass is 10.2. The smallest absolute Gasteiger partial charge is 0.274 e. The van der Waals surface area contributed by atoms with Gasteiger partial charge in [-0.2, -0.15) is 5.10 Å². The van der Waals surface area contributed by atoms with Gasteiger partial charge in [0.25, 0.3) is 5.91 Å². The summed E-state index contributed by atoms with van der Waals surface area (Å²) in [4.78, 5) is 25.0. The molecular weight excluding hydrogens is 340 g/mol. The van der Waals surface area contributed by atoms with E-state index in [9.17, 15) is 4.79 Å². The first-order valence-corrected chi connectivity index (χ1v) is 9.16. The normalized spacial score (nSPS) is 15.5. The third-order valence-electron chi connectivity index (χ3n) is 4.77. The molecule has 0 radical (unpaired) electrons. The van der Waals surface area contributed by atoms with Crippen LogP contribution in [0.1, 0.15) is 22.5 Å². The Labute approximate surface area is 158 Å². The van der Waals surface area contributed by atoms with Crippen molar-refractivity contribution < 1.29 is 4.79 Å². The second-order valence-corrected chi connectivity index (χ2v) is 6.63. The number of benzene rings is 1. The highest BCUT2D eigenvalue weighted by molar-refractivity contribution is 5.91. The van der Waals surface area contributed by atoms with Crippen molar-refractivity contribution in [2.24, 2.45) is 0 Å². The maximum Gasteiger partial charge on any atom is 0.274 e. The largest absolute Gasteiger partial charge is 0.336 e. The van der Waals surface area contributed by atoms with E-state index in [-0.39, 0.29) is 5.91 Å². The highest BCUT2D eigenvalue weighted by atomic mass is 16.2. The highest BCUT2D eigenvalue weighted by Crippen LogP contribution is 2.13. The summed E-state index contributed by atoms with van der Waals surface area (Å²) in [7, 11) is 0. The molecule has 0 spiro atoms. The van der Waals surface area contributed by atoms with Crippen molar-refractivity contribution in [1.82, 2.24) is 29.5 Å². The summed E-state index contributed by atoms with van der Waals surface area (Å²) in [6.45, 7) is 4.18. The molecule has 1 saturated heterocycles. The molecule has 0 saturated carbocycles. The molecule has 1 aromatic carbocycles. The third-order valence-corrected chi connectivity index (χ3v) is 4.77. The summed E-state index contributed by atoms with van der Waals surface area (Å²) in [5.74, 6) is -0.0338. The standard InChI is InChI=1S/C20H22N6O/c27-20(19-15-21-8-9-22-19)25-11-2-10-24(13-14-25)16-17-3-5-18(6-4-17)26-12-1-7-23-26/h1,3-9,12,15H,2,10-11,13-14,16H2. The van der Waals surface area contributed by atoms with Gasteiger partial charge in [0, 0.05) is 57.5 Å². The SMILES string of the molecule is O=C(c1cnccn1)N1CCCN(Cc2ccc(-n3cccn3)cc2)CC1. The van der Waals surface area contributed by atoms with Crippen LogP contribution in [0.25, 0.3) is 5.69 Å². The summed E-state index contributed by atoms with van der Waals surface area (Å²) in [6, 6.07) is 10.4. The molecule has 138 valence electrons. The molecule has 0 aliphatic carbocycles. The van der Waals surface area contributed by atoms with E-state index < -0.39 is 0 Å². The Morgan fingerprint density at radius 1 is 1.00 bits per heavy atom. The Morgan fingerprint density at radius 3 is 2.63 bits per heavy atom. The zero-order chi connectivity index (χ0) is 18.5. The van der Waals surface area contributed by atoms with Crippen LogP contribution >= 0.6 is 0 Å². The van der Waals surface area contributed by atoms with Crippen LogP contribution in [0, 0.1) is 0 Å². The zero-order valence-electron chi connectivity index (χ0n) is 15.1. The Morgan fingerprint density at radius 2 is 1.89 bits per heavy atom. The van der Waals surface area contributed by atoms with Gasteiger partial charge in [0.2, 0.25) is 0 Å². The van der Waals surface area contributed by atoms with Crippen molar-refractivity contribution in [3.05, 3.63) is 72.6 Å². The van der Waals surface area contributed by atoms with Crippen LogP contribution in [0.2, 0.25) is 0 Å². The number of nitrogens with zero attached hydrogens (tertiary/aromatic N) is 6. The summed E-state index contributed by atoms with van der Waals surface area (Å²) >= 11 is 0. The van der Waals surface area contributed by atoms with Gasteiger partial charge in [-0.1, -0.05) is 12.1 Å². The molecule has 7 nitrogen and oxygen atoms in total. The van der Waals surface area contributed by atoms with Gasteiger partial charge in [-0.05, 0) is 30.2 Å². The summed E-state index contributed by atoms with van der Waals surface area (Å²) in [5.41, 5.74) is 2.74. The molecule has 4 rings (SSSR count). The van der Waals surface area contributed by atoms with Crippen molar-refractivity contribution in [3.8, 4) is 5.69 Å². The van der Waals surface area contributed by atoms with Gasteiger partial charge in [0.05, 0.1) is 11.9 Å². The Hall–Kier alpha value is -3.06. The lowest BCUT2D eigenvalue weighted by molar-refractivity contribution is 0.0754. The Kier molecular flexibility index (Phi) is 5.20. The predicted molar refractivity (Wildman–Crippen MR) is 101 cm³/mol. The first-order valence-electron chi connectivity index (χ1n) is 9.16. The molecule has 0 N–H and O–H groups in total. The van der Waals surface area contributed by atoms with Gasteiger partial charge in [0.15, 0.2) is 0 Å². The van der Waals surface area contributed by atoms with Gasteiger partial charge in [-0.15, -0.1) is 0 Å². The lowest BCUT2D eigenvalue weighted by Crippen LogP contribution is -2.35. The quantitative estimate of drug-likeness (QED) is 0.710. The van der Waals surface area contributed by atoms with Crippen molar-refractivity contribution in [1.29, 1.82) is 0 Å². The molecule has 7 heteroatoms. The van der Waals surface area contributed by atoms with E-state index in [4.69, 9.17) is 0 Å². The Balaban J connectivity index is 1.35. The predicted octanol–water partition coefficient (Wildman–Crippen LogP) is 2.01.